The fourth-order valence-electron chi connectivity index (χ4n) is 9.50. The SMILES string of the molecule is CCN(C)C1C(=O)C(C(N)=O)C(=N)C2(O)C(=O)C3C(=O)c4c(O)cc5c(c4CC3CC12)CCCCC5N(C)CC1CCCC1. The minimum Gasteiger partial charge on any atom is -0.507 e. The van der Waals surface area contributed by atoms with Gasteiger partial charge < -0.3 is 21.4 Å². The number of nitrogens with one attached hydrogen (secondary N) is 1. The smallest absolute Gasteiger partial charge is 0.233 e. The molecule has 0 spiro atoms. The third-order valence-electron chi connectivity index (χ3n) is 11.8. The quantitative estimate of drug-likeness (QED) is 0.283. The molecule has 0 saturated heterocycles. The van der Waals surface area contributed by atoms with Crippen molar-refractivity contribution in [2.45, 2.75) is 88.8 Å². The van der Waals surface area contributed by atoms with Gasteiger partial charge in [-0.05, 0) is 100 Å². The van der Waals surface area contributed by atoms with Crippen LogP contribution >= 0.6 is 0 Å². The summed E-state index contributed by atoms with van der Waals surface area (Å²) in [7, 11) is 3.85. The maximum Gasteiger partial charge on any atom is 0.233 e. The van der Waals surface area contributed by atoms with E-state index < -0.39 is 64.3 Å². The zero-order chi connectivity index (χ0) is 31.7. The number of phenols is 1. The zero-order valence-corrected chi connectivity index (χ0v) is 26.1. The van der Waals surface area contributed by atoms with Crippen molar-refractivity contribution in [2.75, 3.05) is 27.2 Å². The van der Waals surface area contributed by atoms with Crippen LogP contribution in [-0.4, -0.2) is 87.8 Å². The van der Waals surface area contributed by atoms with E-state index in [9.17, 15) is 29.4 Å². The van der Waals surface area contributed by atoms with Gasteiger partial charge in [0.1, 0.15) is 11.7 Å². The summed E-state index contributed by atoms with van der Waals surface area (Å²) in [5.74, 6) is -7.09. The van der Waals surface area contributed by atoms with E-state index in [0.29, 0.717) is 18.9 Å². The number of aromatic hydroxyl groups is 1. The molecule has 7 atom stereocenters. The Bertz CT molecular complexity index is 1420. The second-order valence-electron chi connectivity index (χ2n) is 14.1. The summed E-state index contributed by atoms with van der Waals surface area (Å²) >= 11 is 0. The number of Topliss-reactive ketones (excluding diaryl/α,β-unsaturated/α-hetero) is 3. The Kier molecular flexibility index (Phi) is 8.08. The van der Waals surface area contributed by atoms with Crippen molar-refractivity contribution in [2.24, 2.45) is 35.3 Å². The molecule has 0 aliphatic heterocycles. The van der Waals surface area contributed by atoms with E-state index in [-0.39, 0.29) is 23.8 Å². The maximum absolute atomic E-state index is 14.3. The average Bonchev–Trinajstić information content (AvgIpc) is 3.38. The Morgan fingerprint density at radius 3 is 2.41 bits per heavy atom. The van der Waals surface area contributed by atoms with Gasteiger partial charge in [0.25, 0.3) is 0 Å². The molecule has 1 aromatic rings. The number of amides is 1. The summed E-state index contributed by atoms with van der Waals surface area (Å²) in [5, 5.41) is 32.1. The van der Waals surface area contributed by atoms with Crippen LogP contribution in [0.25, 0.3) is 0 Å². The van der Waals surface area contributed by atoms with Crippen LogP contribution in [-0.2, 0) is 27.2 Å². The van der Waals surface area contributed by atoms with Gasteiger partial charge in [0.2, 0.25) is 5.91 Å². The standard InChI is InChI=1S/C34H46N4O6/c1-4-37(2)28-22-14-18-13-21-19-11-7-8-12-23(38(3)16-17-9-5-6-10-17)20(19)15-24(39)26(21)29(40)25(18)32(42)34(22,44)31(35)27(30(28)41)33(36)43/h15,17-18,22-23,25,27-28,35,39,44H,4-14,16H2,1-3H3,(H2,36,43). The average molecular weight is 607 g/mol. The van der Waals surface area contributed by atoms with Crippen LogP contribution < -0.4 is 5.73 Å². The normalized spacial score (nSPS) is 34.0. The van der Waals surface area contributed by atoms with Crippen LogP contribution in [0.4, 0.5) is 0 Å². The van der Waals surface area contributed by atoms with Crippen LogP contribution in [0.15, 0.2) is 6.07 Å². The van der Waals surface area contributed by atoms with Gasteiger partial charge in [-0.25, -0.2) is 0 Å². The zero-order valence-electron chi connectivity index (χ0n) is 26.1. The molecule has 0 bridgehead atoms. The van der Waals surface area contributed by atoms with Crippen LogP contribution in [0.1, 0.15) is 91.4 Å². The first kappa shape index (κ1) is 31.0. The number of hydrogen-bond acceptors (Lipinski definition) is 9. The number of aliphatic hydroxyl groups is 1. The van der Waals surface area contributed by atoms with Crippen molar-refractivity contribution in [3.05, 3.63) is 28.3 Å². The number of benzene rings is 1. The van der Waals surface area contributed by atoms with E-state index >= 15 is 0 Å². The minimum atomic E-state index is -2.48. The van der Waals surface area contributed by atoms with Crippen LogP contribution in [0.5, 0.6) is 5.75 Å². The number of ketones is 3. The van der Waals surface area contributed by atoms with Crippen LogP contribution in [0.2, 0.25) is 0 Å². The molecule has 0 radical (unpaired) electrons. The molecule has 44 heavy (non-hydrogen) atoms. The lowest BCUT2D eigenvalue weighted by molar-refractivity contribution is -0.157. The Hall–Kier alpha value is -2.95. The molecule has 0 aromatic heterocycles. The lowest BCUT2D eigenvalue weighted by atomic mass is 9.52. The van der Waals surface area contributed by atoms with E-state index in [4.69, 9.17) is 11.1 Å². The van der Waals surface area contributed by atoms with Gasteiger partial charge in [0, 0.05) is 18.5 Å². The summed E-state index contributed by atoms with van der Waals surface area (Å²) in [4.78, 5) is 58.6. The molecule has 238 valence electrons. The number of carbonyl (C=O) groups excluding carboxylic acids is 4. The molecular formula is C34H46N4O6. The first-order chi connectivity index (χ1) is 20.9. The van der Waals surface area contributed by atoms with Gasteiger partial charge in [-0.3, -0.25) is 29.0 Å². The molecule has 5 aliphatic rings. The Labute approximate surface area is 258 Å². The van der Waals surface area contributed by atoms with Crippen molar-refractivity contribution >= 4 is 29.0 Å². The lowest BCUT2D eigenvalue weighted by Gasteiger charge is -2.54. The fourth-order valence-corrected chi connectivity index (χ4v) is 9.50. The molecule has 1 amide bonds. The highest BCUT2D eigenvalue weighted by Gasteiger charge is 2.67. The predicted octanol–water partition coefficient (Wildman–Crippen LogP) is 2.60. The first-order valence-corrected chi connectivity index (χ1v) is 16.4. The van der Waals surface area contributed by atoms with E-state index in [2.05, 4.69) is 11.9 Å². The molecule has 6 rings (SSSR count). The predicted molar refractivity (Wildman–Crippen MR) is 164 cm³/mol. The van der Waals surface area contributed by atoms with Gasteiger partial charge in [-0.2, -0.15) is 0 Å². The number of likely N-dealkylation sites (N-methyl/N-ethyl adjacent to an activating group) is 1. The Balaban J connectivity index is 1.42. The monoisotopic (exact) mass is 606 g/mol. The van der Waals surface area contributed by atoms with Crippen molar-refractivity contribution in [1.82, 2.24) is 9.80 Å². The summed E-state index contributed by atoms with van der Waals surface area (Å²) in [6.45, 7) is 3.24. The number of fused-ring (bicyclic) bond motifs is 5. The largest absolute Gasteiger partial charge is 0.507 e. The maximum atomic E-state index is 14.3. The summed E-state index contributed by atoms with van der Waals surface area (Å²) in [6.07, 6.45) is 9.30. The number of primary amides is 1. The van der Waals surface area contributed by atoms with Crippen molar-refractivity contribution < 1.29 is 29.4 Å². The van der Waals surface area contributed by atoms with Crippen LogP contribution in [0, 0.1) is 35.0 Å². The number of carbonyl (C=O) groups is 4. The second-order valence-corrected chi connectivity index (χ2v) is 14.1. The van der Waals surface area contributed by atoms with Gasteiger partial charge in [0.05, 0.1) is 23.2 Å². The second kappa shape index (κ2) is 11.4. The number of rotatable bonds is 6. The van der Waals surface area contributed by atoms with Crippen molar-refractivity contribution in [3.63, 3.8) is 0 Å². The first-order valence-electron chi connectivity index (χ1n) is 16.4. The number of nitrogens with zero attached hydrogens (tertiary/aromatic N) is 2. The summed E-state index contributed by atoms with van der Waals surface area (Å²) in [5.41, 5.74) is 5.40. The van der Waals surface area contributed by atoms with Crippen LogP contribution in [0.3, 0.4) is 0 Å². The third kappa shape index (κ3) is 4.58. The number of nitrogens with two attached hydrogens (primary N) is 1. The Morgan fingerprint density at radius 2 is 1.75 bits per heavy atom. The molecule has 10 nitrogen and oxygen atoms in total. The molecule has 7 unspecified atom stereocenters. The summed E-state index contributed by atoms with van der Waals surface area (Å²) in [6, 6.07) is 0.850. The van der Waals surface area contributed by atoms with Gasteiger partial charge in [-0.1, -0.05) is 26.2 Å². The van der Waals surface area contributed by atoms with Gasteiger partial charge in [-0.15, -0.1) is 0 Å². The number of hydrogen-bond donors (Lipinski definition) is 4. The van der Waals surface area contributed by atoms with E-state index in [1.807, 2.05) is 6.92 Å². The minimum absolute atomic E-state index is 0.125. The molecule has 0 heterocycles. The molecule has 5 aliphatic carbocycles. The molecule has 3 saturated carbocycles. The molecule has 10 heteroatoms. The van der Waals surface area contributed by atoms with E-state index in [0.717, 1.165) is 48.9 Å². The van der Waals surface area contributed by atoms with Crippen molar-refractivity contribution in [1.29, 1.82) is 5.41 Å². The van der Waals surface area contributed by atoms with Gasteiger partial charge >= 0.3 is 0 Å². The summed E-state index contributed by atoms with van der Waals surface area (Å²) < 4.78 is 0. The topological polar surface area (TPSA) is 165 Å². The molecule has 3 fully saturated rings. The van der Waals surface area contributed by atoms with Gasteiger partial charge in [0.15, 0.2) is 23.0 Å². The Morgan fingerprint density at radius 1 is 1.07 bits per heavy atom. The van der Waals surface area contributed by atoms with Crippen molar-refractivity contribution in [3.8, 4) is 5.75 Å². The van der Waals surface area contributed by atoms with E-state index in [1.165, 1.54) is 25.7 Å². The fraction of sp³-hybridized carbons (Fsp3) is 0.676. The molecule has 5 N–H and O–H groups in total. The highest BCUT2D eigenvalue weighted by atomic mass is 16.3. The highest BCUT2D eigenvalue weighted by molar-refractivity contribution is 6.33. The lowest BCUT2D eigenvalue weighted by Crippen LogP contribution is -2.74. The molecule has 1 aromatic carbocycles. The highest BCUT2D eigenvalue weighted by Crippen LogP contribution is 2.52. The molecular weight excluding hydrogens is 560 g/mol. The third-order valence-corrected chi connectivity index (χ3v) is 11.8. The number of phenolic OH excluding ortho intramolecular Hbond substituents is 1. The van der Waals surface area contributed by atoms with E-state index in [1.54, 1.807) is 18.0 Å².